The molecule has 1 aromatic carbocycles. The summed E-state index contributed by atoms with van der Waals surface area (Å²) in [5.74, 6) is -1.22. The molecule has 6 heteroatoms. The van der Waals surface area contributed by atoms with Gasteiger partial charge >= 0.3 is 5.97 Å². The Kier molecular flexibility index (Phi) is 4.55. The molecule has 1 heterocycles. The van der Waals surface area contributed by atoms with Gasteiger partial charge in [0.2, 0.25) is 5.91 Å². The Morgan fingerprint density at radius 2 is 2.16 bits per heavy atom. The SMILES string of the molecule is O=C(O)C1COCCN1C(=O)Cc1ccccc1Br. The van der Waals surface area contributed by atoms with E-state index >= 15 is 0 Å². The molecule has 0 radical (unpaired) electrons. The lowest BCUT2D eigenvalue weighted by Crippen LogP contribution is -2.53. The molecule has 1 amide bonds. The molecule has 0 aliphatic carbocycles. The molecule has 0 saturated carbocycles. The normalized spacial score (nSPS) is 19.2. The number of carbonyl (C=O) groups is 2. The van der Waals surface area contributed by atoms with Crippen LogP contribution in [0.1, 0.15) is 5.56 Å². The molecule has 1 aliphatic heterocycles. The van der Waals surface area contributed by atoms with Crippen LogP contribution < -0.4 is 0 Å². The second-order valence-electron chi connectivity index (χ2n) is 4.28. The third-order valence-corrected chi connectivity index (χ3v) is 3.81. The Morgan fingerprint density at radius 1 is 1.42 bits per heavy atom. The maximum Gasteiger partial charge on any atom is 0.328 e. The highest BCUT2D eigenvalue weighted by molar-refractivity contribution is 9.10. The number of hydrogen-bond donors (Lipinski definition) is 1. The van der Waals surface area contributed by atoms with Gasteiger partial charge in [-0.2, -0.15) is 0 Å². The van der Waals surface area contributed by atoms with Crippen molar-refractivity contribution >= 4 is 27.8 Å². The maximum atomic E-state index is 12.2. The first kappa shape index (κ1) is 14.0. The Labute approximate surface area is 119 Å². The summed E-state index contributed by atoms with van der Waals surface area (Å²) < 4.78 is 5.96. The molecule has 0 bridgehead atoms. The van der Waals surface area contributed by atoms with Crippen LogP contribution in [0.5, 0.6) is 0 Å². The predicted molar refractivity (Wildman–Crippen MR) is 71.8 cm³/mol. The molecule has 102 valence electrons. The van der Waals surface area contributed by atoms with E-state index in [1.165, 1.54) is 4.90 Å². The first-order chi connectivity index (χ1) is 9.09. The maximum absolute atomic E-state index is 12.2. The van der Waals surface area contributed by atoms with Crippen LogP contribution in [-0.2, 0) is 20.7 Å². The number of ether oxygens (including phenoxy) is 1. The molecule has 5 nitrogen and oxygen atoms in total. The molecular weight excluding hydrogens is 314 g/mol. The van der Waals surface area contributed by atoms with Crippen LogP contribution in [0.3, 0.4) is 0 Å². The standard InChI is InChI=1S/C13H14BrNO4/c14-10-4-2-1-3-9(10)7-12(16)15-5-6-19-8-11(15)13(17)18/h1-4,11H,5-8H2,(H,17,18). The van der Waals surface area contributed by atoms with Crippen molar-refractivity contribution < 1.29 is 19.4 Å². The summed E-state index contributed by atoms with van der Waals surface area (Å²) in [7, 11) is 0. The zero-order valence-corrected chi connectivity index (χ0v) is 11.8. The smallest absolute Gasteiger partial charge is 0.328 e. The van der Waals surface area contributed by atoms with Crippen LogP contribution in [0.15, 0.2) is 28.7 Å². The lowest BCUT2D eigenvalue weighted by Gasteiger charge is -2.33. The first-order valence-electron chi connectivity index (χ1n) is 5.93. The van der Waals surface area contributed by atoms with Gasteiger partial charge < -0.3 is 14.7 Å². The zero-order chi connectivity index (χ0) is 13.8. The molecule has 1 N–H and O–H groups in total. The summed E-state index contributed by atoms with van der Waals surface area (Å²) in [6.45, 7) is 0.753. The molecule has 2 rings (SSSR count). The summed E-state index contributed by atoms with van der Waals surface area (Å²) in [6, 6.07) is 6.53. The van der Waals surface area contributed by atoms with Crippen molar-refractivity contribution in [2.24, 2.45) is 0 Å². The lowest BCUT2D eigenvalue weighted by atomic mass is 10.1. The number of carbonyl (C=O) groups excluding carboxylic acids is 1. The van der Waals surface area contributed by atoms with Gasteiger partial charge in [-0.3, -0.25) is 4.79 Å². The second-order valence-corrected chi connectivity index (χ2v) is 5.14. The number of carboxylic acids is 1. The van der Waals surface area contributed by atoms with Crippen molar-refractivity contribution in [2.75, 3.05) is 19.8 Å². The van der Waals surface area contributed by atoms with Crippen LogP contribution in [0.2, 0.25) is 0 Å². The summed E-state index contributed by atoms with van der Waals surface area (Å²) >= 11 is 3.38. The fourth-order valence-corrected chi connectivity index (χ4v) is 2.44. The van der Waals surface area contributed by atoms with E-state index in [0.29, 0.717) is 13.2 Å². The molecule has 1 fully saturated rings. The number of hydrogen-bond acceptors (Lipinski definition) is 3. The summed E-state index contributed by atoms with van der Waals surface area (Å²) in [5.41, 5.74) is 0.850. The molecule has 1 saturated heterocycles. The van der Waals surface area contributed by atoms with Gasteiger partial charge in [0, 0.05) is 11.0 Å². The van der Waals surface area contributed by atoms with Gasteiger partial charge in [0.1, 0.15) is 0 Å². The summed E-state index contributed by atoms with van der Waals surface area (Å²) in [5, 5.41) is 9.10. The van der Waals surface area contributed by atoms with Gasteiger partial charge in [0.05, 0.1) is 19.6 Å². The van der Waals surface area contributed by atoms with E-state index < -0.39 is 12.0 Å². The summed E-state index contributed by atoms with van der Waals surface area (Å²) in [4.78, 5) is 24.7. The molecule has 0 spiro atoms. The third kappa shape index (κ3) is 3.33. The minimum atomic E-state index is -1.03. The van der Waals surface area contributed by atoms with Crippen LogP contribution in [0.25, 0.3) is 0 Å². The van der Waals surface area contributed by atoms with Gasteiger partial charge in [0.25, 0.3) is 0 Å². The molecule has 1 unspecified atom stereocenters. The Morgan fingerprint density at radius 3 is 2.84 bits per heavy atom. The third-order valence-electron chi connectivity index (χ3n) is 3.03. The second kappa shape index (κ2) is 6.16. The number of nitrogens with zero attached hydrogens (tertiary/aromatic N) is 1. The highest BCUT2D eigenvalue weighted by Crippen LogP contribution is 2.18. The van der Waals surface area contributed by atoms with E-state index in [-0.39, 0.29) is 18.9 Å². The topological polar surface area (TPSA) is 66.8 Å². The van der Waals surface area contributed by atoms with Crippen molar-refractivity contribution in [3.63, 3.8) is 0 Å². The minimum absolute atomic E-state index is 0.0526. The fourth-order valence-electron chi connectivity index (χ4n) is 2.01. The largest absolute Gasteiger partial charge is 0.480 e. The van der Waals surface area contributed by atoms with E-state index in [9.17, 15) is 9.59 Å². The van der Waals surface area contributed by atoms with Gasteiger partial charge in [-0.05, 0) is 11.6 Å². The summed E-state index contributed by atoms with van der Waals surface area (Å²) in [6.07, 6.45) is 0.186. The Hall–Kier alpha value is -1.40. The van der Waals surface area contributed by atoms with Crippen molar-refractivity contribution in [1.29, 1.82) is 0 Å². The van der Waals surface area contributed by atoms with E-state index in [1.807, 2.05) is 24.3 Å². The molecule has 0 aromatic heterocycles. The predicted octanol–water partition coefficient (Wildman–Crippen LogP) is 1.30. The molecule has 19 heavy (non-hydrogen) atoms. The van der Waals surface area contributed by atoms with E-state index in [4.69, 9.17) is 9.84 Å². The van der Waals surface area contributed by atoms with Crippen LogP contribution in [-0.4, -0.2) is 47.7 Å². The highest BCUT2D eigenvalue weighted by Gasteiger charge is 2.32. The van der Waals surface area contributed by atoms with E-state index in [2.05, 4.69) is 15.9 Å². The Bertz CT molecular complexity index is 491. The van der Waals surface area contributed by atoms with Crippen LogP contribution in [0, 0.1) is 0 Å². The monoisotopic (exact) mass is 327 g/mol. The van der Waals surface area contributed by atoms with Gasteiger partial charge in [0.15, 0.2) is 6.04 Å². The van der Waals surface area contributed by atoms with Crippen molar-refractivity contribution in [1.82, 2.24) is 4.90 Å². The number of amides is 1. The van der Waals surface area contributed by atoms with Crippen molar-refractivity contribution in [2.45, 2.75) is 12.5 Å². The Balaban J connectivity index is 2.10. The zero-order valence-electron chi connectivity index (χ0n) is 10.2. The molecule has 1 aliphatic rings. The molecular formula is C13H14BrNO4. The van der Waals surface area contributed by atoms with Crippen LogP contribution in [0.4, 0.5) is 0 Å². The molecule has 1 aromatic rings. The number of aliphatic carboxylic acids is 1. The highest BCUT2D eigenvalue weighted by atomic mass is 79.9. The van der Waals surface area contributed by atoms with E-state index in [0.717, 1.165) is 10.0 Å². The van der Waals surface area contributed by atoms with Gasteiger partial charge in [-0.15, -0.1) is 0 Å². The lowest BCUT2D eigenvalue weighted by molar-refractivity contribution is -0.158. The first-order valence-corrected chi connectivity index (χ1v) is 6.72. The average molecular weight is 328 g/mol. The number of rotatable bonds is 3. The van der Waals surface area contributed by atoms with Crippen molar-refractivity contribution in [3.05, 3.63) is 34.3 Å². The van der Waals surface area contributed by atoms with Crippen molar-refractivity contribution in [3.8, 4) is 0 Å². The van der Waals surface area contributed by atoms with Gasteiger partial charge in [-0.1, -0.05) is 34.1 Å². The van der Waals surface area contributed by atoms with E-state index in [1.54, 1.807) is 0 Å². The average Bonchev–Trinajstić information content (AvgIpc) is 2.41. The molecule has 1 atom stereocenters. The number of benzene rings is 1. The number of carboxylic acid groups (broad SMARTS) is 1. The van der Waals surface area contributed by atoms with Gasteiger partial charge in [-0.25, -0.2) is 4.79 Å². The number of morpholine rings is 1. The fraction of sp³-hybridized carbons (Fsp3) is 0.385. The van der Waals surface area contributed by atoms with Crippen LogP contribution >= 0.6 is 15.9 Å². The minimum Gasteiger partial charge on any atom is -0.480 e. The quantitative estimate of drug-likeness (QED) is 0.908. The number of halogens is 1.